The van der Waals surface area contributed by atoms with Crippen LogP contribution in [0.25, 0.3) is 0 Å². The van der Waals surface area contributed by atoms with Crippen LogP contribution in [-0.2, 0) is 9.84 Å². The van der Waals surface area contributed by atoms with Crippen molar-refractivity contribution in [2.24, 2.45) is 5.92 Å². The molecule has 0 spiro atoms. The number of halogens is 1. The van der Waals surface area contributed by atoms with Crippen LogP contribution in [0, 0.1) is 19.8 Å². The third-order valence-corrected chi connectivity index (χ3v) is 6.31. The minimum absolute atomic E-state index is 0.0556. The van der Waals surface area contributed by atoms with Gasteiger partial charge in [-0.3, -0.25) is 4.79 Å². The maximum atomic E-state index is 12.7. The van der Waals surface area contributed by atoms with E-state index in [1.165, 1.54) is 7.11 Å². The Morgan fingerprint density at radius 2 is 2.05 bits per heavy atom. The molecule has 0 amide bonds. The van der Waals surface area contributed by atoms with Gasteiger partial charge in [-0.2, -0.15) is 0 Å². The lowest BCUT2D eigenvalue weighted by Gasteiger charge is -2.17. The van der Waals surface area contributed by atoms with Crippen LogP contribution >= 0.6 is 15.9 Å². The van der Waals surface area contributed by atoms with Gasteiger partial charge >= 0.3 is 0 Å². The van der Waals surface area contributed by atoms with E-state index in [4.69, 9.17) is 4.74 Å². The first-order valence-electron chi connectivity index (χ1n) is 6.35. The molecule has 1 aliphatic rings. The van der Waals surface area contributed by atoms with Crippen LogP contribution in [0.4, 0.5) is 0 Å². The maximum absolute atomic E-state index is 12.7. The van der Waals surface area contributed by atoms with Gasteiger partial charge in [0, 0.05) is 10.4 Å². The van der Waals surface area contributed by atoms with Gasteiger partial charge < -0.3 is 4.74 Å². The second-order valence-corrected chi connectivity index (χ2v) is 8.26. The Kier molecular flexibility index (Phi) is 4.25. The number of ether oxygens (including phenoxy) is 1. The topological polar surface area (TPSA) is 60.4 Å². The molecule has 0 aliphatic carbocycles. The number of methoxy groups -OCH3 is 1. The number of benzene rings is 1. The normalized spacial score (nSPS) is 20.9. The Balaban J connectivity index is 2.50. The van der Waals surface area contributed by atoms with Gasteiger partial charge in [0.05, 0.1) is 24.2 Å². The molecule has 0 aromatic heterocycles. The molecule has 1 fully saturated rings. The molecule has 6 heteroatoms. The van der Waals surface area contributed by atoms with Gasteiger partial charge in [-0.15, -0.1) is 0 Å². The molecular formula is C14H17BrO4S. The van der Waals surface area contributed by atoms with Crippen molar-refractivity contribution in [1.82, 2.24) is 0 Å². The third kappa shape index (κ3) is 2.76. The van der Waals surface area contributed by atoms with E-state index < -0.39 is 15.8 Å². The molecule has 0 saturated carbocycles. The number of ketones is 1. The van der Waals surface area contributed by atoms with Gasteiger partial charge in [0.25, 0.3) is 0 Å². The van der Waals surface area contributed by atoms with Crippen LogP contribution in [0.1, 0.15) is 27.9 Å². The van der Waals surface area contributed by atoms with Gasteiger partial charge in [-0.1, -0.05) is 15.9 Å². The number of rotatable bonds is 3. The number of hydrogen-bond acceptors (Lipinski definition) is 4. The van der Waals surface area contributed by atoms with Crippen LogP contribution < -0.4 is 4.74 Å². The zero-order valence-corrected chi connectivity index (χ0v) is 14.1. The minimum atomic E-state index is -3.07. The van der Waals surface area contributed by atoms with E-state index in [2.05, 4.69) is 15.9 Å². The predicted molar refractivity (Wildman–Crippen MR) is 81.3 cm³/mol. The fourth-order valence-electron chi connectivity index (χ4n) is 2.62. The molecule has 0 bridgehead atoms. The van der Waals surface area contributed by atoms with E-state index in [1.807, 2.05) is 19.9 Å². The molecule has 4 nitrogen and oxygen atoms in total. The molecular weight excluding hydrogens is 344 g/mol. The Labute approximate surface area is 127 Å². The fourth-order valence-corrected chi connectivity index (χ4v) is 4.90. The zero-order valence-electron chi connectivity index (χ0n) is 11.7. The quantitative estimate of drug-likeness (QED) is 0.777. The molecule has 1 aromatic rings. The molecule has 20 heavy (non-hydrogen) atoms. The van der Waals surface area contributed by atoms with Crippen molar-refractivity contribution >= 4 is 31.6 Å². The first-order valence-corrected chi connectivity index (χ1v) is 8.96. The van der Waals surface area contributed by atoms with E-state index >= 15 is 0 Å². The highest BCUT2D eigenvalue weighted by Gasteiger charge is 2.35. The Bertz CT molecular complexity index is 664. The summed E-state index contributed by atoms with van der Waals surface area (Å²) in [5, 5.41) is 0. The standard InChI is InChI=1S/C14H17BrO4S/c1-8-6-11(15)9(2)12(14(8)19-3)13(16)10-4-5-20(17,18)7-10/h6,10H,4-5,7H2,1-3H3. The molecule has 1 heterocycles. The van der Waals surface area contributed by atoms with E-state index in [0.29, 0.717) is 17.7 Å². The summed E-state index contributed by atoms with van der Waals surface area (Å²) in [6, 6.07) is 1.90. The molecule has 1 saturated heterocycles. The summed E-state index contributed by atoms with van der Waals surface area (Å²) in [5.74, 6) is -0.0105. The van der Waals surface area contributed by atoms with E-state index in [1.54, 1.807) is 0 Å². The Morgan fingerprint density at radius 3 is 2.55 bits per heavy atom. The highest BCUT2D eigenvalue weighted by atomic mass is 79.9. The number of carbonyl (C=O) groups is 1. The van der Waals surface area contributed by atoms with Crippen molar-refractivity contribution in [2.75, 3.05) is 18.6 Å². The first kappa shape index (κ1) is 15.5. The summed E-state index contributed by atoms with van der Waals surface area (Å²) in [5.41, 5.74) is 2.15. The van der Waals surface area contributed by atoms with E-state index in [-0.39, 0.29) is 17.3 Å². The van der Waals surface area contributed by atoms with Crippen molar-refractivity contribution in [2.45, 2.75) is 20.3 Å². The lowest BCUT2D eigenvalue weighted by molar-refractivity contribution is 0.0929. The van der Waals surface area contributed by atoms with Crippen molar-refractivity contribution < 1.29 is 17.9 Å². The smallest absolute Gasteiger partial charge is 0.171 e. The Morgan fingerprint density at radius 1 is 1.40 bits per heavy atom. The molecule has 110 valence electrons. The van der Waals surface area contributed by atoms with Crippen LogP contribution in [0.5, 0.6) is 5.75 Å². The molecule has 1 atom stereocenters. The van der Waals surface area contributed by atoms with Gasteiger partial charge in [-0.05, 0) is 37.5 Å². The van der Waals surface area contributed by atoms with E-state index in [9.17, 15) is 13.2 Å². The molecule has 1 aliphatic heterocycles. The average molecular weight is 361 g/mol. The summed E-state index contributed by atoms with van der Waals surface area (Å²) in [4.78, 5) is 12.7. The highest BCUT2D eigenvalue weighted by molar-refractivity contribution is 9.10. The summed E-state index contributed by atoms with van der Waals surface area (Å²) < 4.78 is 29.3. The van der Waals surface area contributed by atoms with Crippen LogP contribution in [-0.4, -0.2) is 32.8 Å². The number of carbonyl (C=O) groups excluding carboxylic acids is 1. The molecule has 1 aromatic carbocycles. The van der Waals surface area contributed by atoms with Crippen molar-refractivity contribution in [3.05, 3.63) is 27.2 Å². The second-order valence-electron chi connectivity index (χ2n) is 5.17. The predicted octanol–water partition coefficient (Wildman–Crippen LogP) is 2.69. The summed E-state index contributed by atoms with van der Waals surface area (Å²) in [6.45, 7) is 3.70. The second kappa shape index (κ2) is 5.48. The summed E-state index contributed by atoms with van der Waals surface area (Å²) >= 11 is 3.43. The first-order chi connectivity index (χ1) is 9.26. The van der Waals surface area contributed by atoms with Crippen molar-refractivity contribution in [3.63, 3.8) is 0 Å². The fraction of sp³-hybridized carbons (Fsp3) is 0.500. The number of Topliss-reactive ketones (excluding diaryl/α,β-unsaturated/α-hetero) is 1. The molecule has 0 N–H and O–H groups in total. The lowest BCUT2D eigenvalue weighted by Crippen LogP contribution is -2.18. The number of hydrogen-bond donors (Lipinski definition) is 0. The largest absolute Gasteiger partial charge is 0.496 e. The Hall–Kier alpha value is -0.880. The maximum Gasteiger partial charge on any atom is 0.171 e. The number of sulfone groups is 1. The van der Waals surface area contributed by atoms with Gasteiger partial charge in [-0.25, -0.2) is 8.42 Å². The van der Waals surface area contributed by atoms with Gasteiger partial charge in [0.2, 0.25) is 0 Å². The highest BCUT2D eigenvalue weighted by Crippen LogP contribution is 2.35. The zero-order chi connectivity index (χ0) is 15.1. The van der Waals surface area contributed by atoms with Gasteiger partial charge in [0.1, 0.15) is 5.75 Å². The lowest BCUT2D eigenvalue weighted by atomic mass is 9.92. The van der Waals surface area contributed by atoms with Gasteiger partial charge in [0.15, 0.2) is 15.6 Å². The molecule has 1 unspecified atom stereocenters. The monoisotopic (exact) mass is 360 g/mol. The van der Waals surface area contributed by atoms with E-state index in [0.717, 1.165) is 15.6 Å². The molecule has 0 radical (unpaired) electrons. The van der Waals surface area contributed by atoms with Crippen LogP contribution in [0.3, 0.4) is 0 Å². The molecule has 2 rings (SSSR count). The minimum Gasteiger partial charge on any atom is -0.496 e. The summed E-state index contributed by atoms with van der Waals surface area (Å²) in [6.07, 6.45) is 0.398. The van der Waals surface area contributed by atoms with Crippen LogP contribution in [0.15, 0.2) is 10.5 Å². The van der Waals surface area contributed by atoms with Crippen molar-refractivity contribution in [3.8, 4) is 5.75 Å². The van der Waals surface area contributed by atoms with Crippen molar-refractivity contribution in [1.29, 1.82) is 0 Å². The average Bonchev–Trinajstić information content (AvgIpc) is 2.73. The van der Waals surface area contributed by atoms with Crippen LogP contribution in [0.2, 0.25) is 0 Å². The summed E-state index contributed by atoms with van der Waals surface area (Å²) in [7, 11) is -1.55. The SMILES string of the molecule is COc1c(C)cc(Br)c(C)c1C(=O)C1CCS(=O)(=O)C1. The third-order valence-electron chi connectivity index (χ3n) is 3.72. The number of aryl methyl sites for hydroxylation is 1.